The van der Waals surface area contributed by atoms with Gasteiger partial charge in [-0.2, -0.15) is 15.4 Å². The zero-order chi connectivity index (χ0) is 36.4. The molecule has 276 valence electrons. The Morgan fingerprint density at radius 3 is 2.59 bits per heavy atom. The number of aliphatic hydroxyl groups is 2. The van der Waals surface area contributed by atoms with Gasteiger partial charge in [0.25, 0.3) is 0 Å². The van der Waals surface area contributed by atoms with Gasteiger partial charge in [0.05, 0.1) is 5.69 Å². The molecule has 0 radical (unpaired) electrons. The standard InChI is InChI=1S/C35H47N6O9P/c1-3-4-5-6-13-18-29(42)39-33-28-20-19-27(41(28)38-23-37-33)31-30(43)32(44)35(21-36,49-31)22-47-51(46,50-26-16-11-8-12-17-26)40-24(2)34(45)48-25-14-9-7-10-15-25/h8,11-12,16-17,19-20,23-25,30-32,43-44H,3-7,9-10,13-15,18,22H2,1-2H3,(H,40,46)(H,37,38,39,42)/t24-,30-,31-,32-,35+,51-/m0/s1. The molecule has 1 saturated heterocycles. The number of nitrogens with zero attached hydrogens (tertiary/aromatic N) is 4. The Labute approximate surface area is 297 Å². The lowest BCUT2D eigenvalue weighted by Gasteiger charge is -2.29. The van der Waals surface area contributed by atoms with Crippen LogP contribution in [0.5, 0.6) is 5.75 Å². The molecule has 2 fully saturated rings. The number of ether oxygens (including phenoxy) is 2. The van der Waals surface area contributed by atoms with Crippen molar-refractivity contribution >= 4 is 31.0 Å². The number of carbonyl (C=O) groups excluding carboxylic acids is 2. The second-order valence-corrected chi connectivity index (χ2v) is 14.8. The van der Waals surface area contributed by atoms with Crippen LogP contribution >= 0.6 is 7.75 Å². The molecule has 2 aromatic heterocycles. The molecule has 1 aromatic carbocycles. The fraction of sp³-hybridized carbons (Fsp3) is 0.571. The number of nitrogens with one attached hydrogen (secondary N) is 2. The first-order chi connectivity index (χ1) is 24.6. The lowest BCUT2D eigenvalue weighted by molar-refractivity contribution is -0.152. The van der Waals surface area contributed by atoms with Crippen LogP contribution in [0.25, 0.3) is 5.52 Å². The smallest absolute Gasteiger partial charge is 0.459 e. The van der Waals surface area contributed by atoms with E-state index in [4.69, 9.17) is 18.5 Å². The van der Waals surface area contributed by atoms with Crippen LogP contribution in [0.1, 0.15) is 96.3 Å². The molecule has 6 atom stereocenters. The largest absolute Gasteiger partial charge is 0.461 e. The fourth-order valence-electron chi connectivity index (χ4n) is 6.27. The van der Waals surface area contributed by atoms with E-state index in [0.717, 1.165) is 64.2 Å². The molecule has 0 spiro atoms. The number of nitriles is 1. The number of benzene rings is 1. The van der Waals surface area contributed by atoms with E-state index in [1.54, 1.807) is 30.3 Å². The number of aliphatic hydroxyl groups excluding tert-OH is 2. The van der Waals surface area contributed by atoms with Crippen molar-refractivity contribution in [2.45, 2.75) is 121 Å². The highest BCUT2D eigenvalue weighted by Gasteiger charge is 2.57. The molecule has 4 N–H and O–H groups in total. The first kappa shape index (κ1) is 38.3. The topological polar surface area (TPSA) is 207 Å². The number of fused-ring (bicyclic) bond motifs is 1. The van der Waals surface area contributed by atoms with Crippen molar-refractivity contribution in [2.24, 2.45) is 0 Å². The number of carbonyl (C=O) groups is 2. The third-order valence-corrected chi connectivity index (χ3v) is 10.8. The van der Waals surface area contributed by atoms with Gasteiger partial charge in [0, 0.05) is 6.42 Å². The third kappa shape index (κ3) is 9.51. The Kier molecular flexibility index (Phi) is 13.2. The van der Waals surface area contributed by atoms with Gasteiger partial charge in [-0.05, 0) is 63.3 Å². The molecule has 0 bridgehead atoms. The van der Waals surface area contributed by atoms with Gasteiger partial charge in [0.15, 0.2) is 5.82 Å². The molecule has 1 aliphatic heterocycles. The average Bonchev–Trinajstić information content (AvgIpc) is 3.67. The van der Waals surface area contributed by atoms with E-state index in [9.17, 15) is 29.6 Å². The van der Waals surface area contributed by atoms with Gasteiger partial charge in [-0.3, -0.25) is 14.1 Å². The van der Waals surface area contributed by atoms with Gasteiger partial charge in [0.1, 0.15) is 60.7 Å². The Morgan fingerprint density at radius 2 is 1.86 bits per heavy atom. The van der Waals surface area contributed by atoms with Crippen molar-refractivity contribution in [3.05, 3.63) is 54.5 Å². The molecule has 15 nitrogen and oxygen atoms in total. The molecule has 2 aliphatic rings. The summed E-state index contributed by atoms with van der Waals surface area (Å²) in [6.45, 7) is 2.76. The molecular formula is C35H47N6O9P. The Hall–Kier alpha value is -3.90. The highest BCUT2D eigenvalue weighted by Crippen LogP contribution is 2.48. The molecular weight excluding hydrogens is 679 g/mol. The Morgan fingerprint density at radius 1 is 1.12 bits per heavy atom. The maximum absolute atomic E-state index is 14.2. The zero-order valence-electron chi connectivity index (χ0n) is 29.0. The van der Waals surface area contributed by atoms with E-state index < -0.39 is 50.3 Å². The van der Waals surface area contributed by atoms with Crippen molar-refractivity contribution in [1.82, 2.24) is 19.7 Å². The first-order valence-electron chi connectivity index (χ1n) is 17.6. The number of para-hydroxylation sites is 1. The summed E-state index contributed by atoms with van der Waals surface area (Å²) in [6, 6.07) is 12.1. The van der Waals surface area contributed by atoms with E-state index in [1.807, 2.05) is 6.07 Å². The zero-order valence-corrected chi connectivity index (χ0v) is 29.9. The number of aromatic nitrogens is 3. The van der Waals surface area contributed by atoms with Crippen LogP contribution in [0, 0.1) is 11.3 Å². The number of unbranched alkanes of at least 4 members (excludes halogenated alkanes) is 4. The van der Waals surface area contributed by atoms with Crippen LogP contribution in [0.4, 0.5) is 5.82 Å². The van der Waals surface area contributed by atoms with Crippen LogP contribution in [-0.4, -0.2) is 73.2 Å². The summed E-state index contributed by atoms with van der Waals surface area (Å²) in [5, 5.41) is 42.3. The minimum absolute atomic E-state index is 0.150. The first-order valence-corrected chi connectivity index (χ1v) is 19.2. The molecule has 0 unspecified atom stereocenters. The highest BCUT2D eigenvalue weighted by atomic mass is 31.2. The normalized spacial score (nSPS) is 24.0. The Bertz CT molecular complexity index is 1710. The van der Waals surface area contributed by atoms with Crippen LogP contribution in [-0.2, 0) is 28.2 Å². The van der Waals surface area contributed by atoms with Crippen molar-refractivity contribution in [2.75, 3.05) is 11.9 Å². The number of anilines is 1. The molecule has 1 amide bonds. The van der Waals surface area contributed by atoms with Crippen LogP contribution < -0.4 is 14.9 Å². The quantitative estimate of drug-likeness (QED) is 0.0809. The lowest BCUT2D eigenvalue weighted by Crippen LogP contribution is -2.46. The molecule has 3 heterocycles. The number of hydrogen-bond donors (Lipinski definition) is 4. The predicted molar refractivity (Wildman–Crippen MR) is 185 cm³/mol. The van der Waals surface area contributed by atoms with E-state index in [1.165, 1.54) is 29.9 Å². The van der Waals surface area contributed by atoms with Crippen molar-refractivity contribution in [1.29, 1.82) is 5.26 Å². The monoisotopic (exact) mass is 726 g/mol. The van der Waals surface area contributed by atoms with Crippen molar-refractivity contribution < 1.29 is 42.9 Å². The van der Waals surface area contributed by atoms with E-state index >= 15 is 0 Å². The number of esters is 1. The summed E-state index contributed by atoms with van der Waals surface area (Å²) in [6.07, 6.45) is 6.03. The Balaban J connectivity index is 1.30. The molecule has 1 saturated carbocycles. The van der Waals surface area contributed by atoms with Gasteiger partial charge in [-0.25, -0.2) is 14.1 Å². The lowest BCUT2D eigenvalue weighted by atomic mass is 9.96. The second kappa shape index (κ2) is 17.5. The van der Waals surface area contributed by atoms with Gasteiger partial charge >= 0.3 is 13.7 Å². The van der Waals surface area contributed by atoms with E-state index in [2.05, 4.69) is 27.4 Å². The van der Waals surface area contributed by atoms with Gasteiger partial charge in [-0.15, -0.1) is 0 Å². The summed E-state index contributed by atoms with van der Waals surface area (Å²) in [5.74, 6) is -0.444. The van der Waals surface area contributed by atoms with Gasteiger partial charge < -0.3 is 29.5 Å². The van der Waals surface area contributed by atoms with Crippen molar-refractivity contribution in [3.63, 3.8) is 0 Å². The summed E-state index contributed by atoms with van der Waals surface area (Å²) in [5.41, 5.74) is -1.56. The highest BCUT2D eigenvalue weighted by molar-refractivity contribution is 7.52. The molecule has 3 aromatic rings. The van der Waals surface area contributed by atoms with E-state index in [0.29, 0.717) is 11.9 Å². The van der Waals surface area contributed by atoms with Crippen molar-refractivity contribution in [3.8, 4) is 11.8 Å². The second-order valence-electron chi connectivity index (χ2n) is 13.1. The summed E-state index contributed by atoms with van der Waals surface area (Å²) < 4.78 is 38.7. The molecule has 1 aliphatic carbocycles. The number of hydrogen-bond acceptors (Lipinski definition) is 12. The minimum Gasteiger partial charge on any atom is -0.461 e. The molecule has 51 heavy (non-hydrogen) atoms. The van der Waals surface area contributed by atoms with Crippen LogP contribution in [0.2, 0.25) is 0 Å². The third-order valence-electron chi connectivity index (χ3n) is 9.13. The molecule has 16 heteroatoms. The summed E-state index contributed by atoms with van der Waals surface area (Å²) in [7, 11) is -4.45. The minimum atomic E-state index is -4.45. The summed E-state index contributed by atoms with van der Waals surface area (Å²) in [4.78, 5) is 29.8. The number of amides is 1. The number of rotatable bonds is 17. The summed E-state index contributed by atoms with van der Waals surface area (Å²) >= 11 is 0. The predicted octanol–water partition coefficient (Wildman–Crippen LogP) is 5.14. The fourth-order valence-corrected chi connectivity index (χ4v) is 7.79. The maximum atomic E-state index is 14.2. The van der Waals surface area contributed by atoms with Crippen LogP contribution in [0.3, 0.4) is 0 Å². The van der Waals surface area contributed by atoms with E-state index in [-0.39, 0.29) is 29.3 Å². The molecule has 5 rings (SSSR count). The maximum Gasteiger partial charge on any atom is 0.459 e. The van der Waals surface area contributed by atoms with Gasteiger partial charge in [-0.1, -0.05) is 57.2 Å². The van der Waals surface area contributed by atoms with Gasteiger partial charge in [0.2, 0.25) is 11.5 Å². The van der Waals surface area contributed by atoms with Crippen LogP contribution in [0.15, 0.2) is 48.8 Å². The SMILES string of the molecule is CCCCCCCC(=O)Nc1ncnn2c([C@@H]3O[C@](C#N)(CO[P@@](=O)(N[C@@H](C)C(=O)OC4CCCCC4)Oc4ccccc4)[C@@H](O)[C@H]3O)ccc12. The average molecular weight is 727 g/mol.